The molecule has 164 valence electrons. The highest BCUT2D eigenvalue weighted by atomic mass is 16.5. The summed E-state index contributed by atoms with van der Waals surface area (Å²) < 4.78 is 12.7. The van der Waals surface area contributed by atoms with Crippen LogP contribution in [0.5, 0.6) is 11.5 Å². The smallest absolute Gasteiger partial charge is 0.226 e. The highest BCUT2D eigenvalue weighted by Gasteiger charge is 2.42. The van der Waals surface area contributed by atoms with Gasteiger partial charge in [-0.15, -0.1) is 5.10 Å². The van der Waals surface area contributed by atoms with Crippen LogP contribution < -0.4 is 14.8 Å². The van der Waals surface area contributed by atoms with E-state index >= 15 is 0 Å². The summed E-state index contributed by atoms with van der Waals surface area (Å²) in [6, 6.07) is 15.0. The van der Waals surface area contributed by atoms with Gasteiger partial charge in [-0.3, -0.25) is 4.79 Å². The van der Waals surface area contributed by atoms with Gasteiger partial charge >= 0.3 is 0 Å². The number of hydrogen-bond acceptors (Lipinski definition) is 6. The molecule has 3 aromatic rings. The second-order valence-electron chi connectivity index (χ2n) is 9.03. The van der Waals surface area contributed by atoms with E-state index in [0.717, 1.165) is 40.3 Å². The second kappa shape index (κ2) is 7.51. The van der Waals surface area contributed by atoms with Crippen LogP contribution in [0.3, 0.4) is 0 Å². The van der Waals surface area contributed by atoms with Crippen molar-refractivity contribution in [3.8, 4) is 22.9 Å². The molecule has 0 fully saturated rings. The van der Waals surface area contributed by atoms with Crippen molar-refractivity contribution in [3.05, 3.63) is 65.4 Å². The van der Waals surface area contributed by atoms with Crippen LogP contribution in [0.25, 0.3) is 11.4 Å². The maximum atomic E-state index is 13.4. The Morgan fingerprint density at radius 2 is 1.78 bits per heavy atom. The molecule has 0 unspecified atom stereocenters. The van der Waals surface area contributed by atoms with E-state index in [2.05, 4.69) is 19.2 Å². The number of fused-ring (bicyclic) bond motifs is 1. The molecule has 1 atom stereocenters. The zero-order valence-electron chi connectivity index (χ0n) is 18.7. The van der Waals surface area contributed by atoms with E-state index in [9.17, 15) is 4.79 Å². The molecule has 0 bridgehead atoms. The first-order chi connectivity index (χ1) is 15.4. The predicted molar refractivity (Wildman–Crippen MR) is 122 cm³/mol. The predicted octanol–water partition coefficient (Wildman–Crippen LogP) is 4.62. The fourth-order valence-corrected chi connectivity index (χ4v) is 4.65. The molecule has 2 aliphatic rings. The Balaban J connectivity index is 1.68. The number of allylic oxidation sites excluding steroid dienone is 2. The van der Waals surface area contributed by atoms with Gasteiger partial charge in [-0.2, -0.15) is 4.98 Å². The number of hydrogen-bond donors (Lipinski definition) is 1. The number of carbonyl (C=O) groups excluding carboxylic acids is 1. The molecule has 2 heterocycles. The van der Waals surface area contributed by atoms with Crippen molar-refractivity contribution in [2.75, 3.05) is 19.5 Å². The van der Waals surface area contributed by atoms with Crippen LogP contribution in [0.4, 0.5) is 5.95 Å². The lowest BCUT2D eigenvalue weighted by atomic mass is 9.73. The third-order valence-corrected chi connectivity index (χ3v) is 6.11. The zero-order chi connectivity index (χ0) is 22.5. The molecule has 1 N–H and O–H groups in total. The number of methoxy groups -OCH3 is 2. The van der Waals surface area contributed by atoms with E-state index < -0.39 is 6.04 Å². The summed E-state index contributed by atoms with van der Waals surface area (Å²) in [6.07, 6.45) is 1.26. The molecule has 0 spiro atoms. The summed E-state index contributed by atoms with van der Waals surface area (Å²) in [5.41, 5.74) is 3.31. The standard InChI is InChI=1S/C25H26N4O3/c1-25(2)13-18-21(19(30)14-25)22(17-7-5-6-8-20(17)32-4)29-24(26-18)27-23(28-29)15-9-11-16(31-3)12-10-15/h5-12,22H,13-14H2,1-4H3,(H,26,27,28)/t22-/m0/s1. The van der Waals surface area contributed by atoms with Gasteiger partial charge in [0.2, 0.25) is 5.95 Å². The first-order valence-electron chi connectivity index (χ1n) is 10.7. The Morgan fingerprint density at radius 1 is 1.03 bits per heavy atom. The summed E-state index contributed by atoms with van der Waals surface area (Å²) in [5, 5.41) is 8.25. The van der Waals surface area contributed by atoms with Gasteiger partial charge in [-0.1, -0.05) is 32.0 Å². The molecule has 0 amide bonds. The Bertz CT molecular complexity index is 1220. The summed E-state index contributed by atoms with van der Waals surface area (Å²) in [7, 11) is 3.28. The lowest BCUT2D eigenvalue weighted by Crippen LogP contribution is -2.36. The molecule has 32 heavy (non-hydrogen) atoms. The van der Waals surface area contributed by atoms with Gasteiger partial charge < -0.3 is 14.8 Å². The van der Waals surface area contributed by atoms with E-state index in [4.69, 9.17) is 19.6 Å². The largest absolute Gasteiger partial charge is 0.497 e. The molecular weight excluding hydrogens is 404 g/mol. The Labute approximate surface area is 187 Å². The first kappa shape index (κ1) is 20.3. The summed E-state index contributed by atoms with van der Waals surface area (Å²) >= 11 is 0. The Hall–Kier alpha value is -3.61. The third-order valence-electron chi connectivity index (χ3n) is 6.11. The van der Waals surface area contributed by atoms with Gasteiger partial charge in [-0.05, 0) is 42.2 Å². The van der Waals surface area contributed by atoms with Crippen molar-refractivity contribution in [1.29, 1.82) is 0 Å². The molecule has 0 saturated carbocycles. The zero-order valence-corrected chi connectivity index (χ0v) is 18.7. The number of nitrogens with one attached hydrogen (secondary N) is 1. The number of ether oxygens (including phenoxy) is 2. The van der Waals surface area contributed by atoms with E-state index in [1.807, 2.05) is 53.2 Å². The number of rotatable bonds is 4. The molecule has 0 saturated heterocycles. The second-order valence-corrected chi connectivity index (χ2v) is 9.03. The van der Waals surface area contributed by atoms with Crippen LogP contribution >= 0.6 is 0 Å². The lowest BCUT2D eigenvalue weighted by molar-refractivity contribution is -0.118. The van der Waals surface area contributed by atoms with Crippen molar-refractivity contribution in [2.45, 2.75) is 32.7 Å². The molecule has 0 radical (unpaired) electrons. The molecule has 7 nitrogen and oxygen atoms in total. The number of benzene rings is 2. The minimum absolute atomic E-state index is 0.116. The van der Waals surface area contributed by atoms with Crippen molar-refractivity contribution < 1.29 is 14.3 Å². The van der Waals surface area contributed by atoms with Crippen LogP contribution in [-0.2, 0) is 4.79 Å². The van der Waals surface area contributed by atoms with Gasteiger partial charge in [0.25, 0.3) is 0 Å². The van der Waals surface area contributed by atoms with E-state index in [-0.39, 0.29) is 11.2 Å². The average Bonchev–Trinajstić information content (AvgIpc) is 3.20. The molecule has 1 aromatic heterocycles. The molecule has 5 rings (SSSR count). The Morgan fingerprint density at radius 3 is 2.50 bits per heavy atom. The lowest BCUT2D eigenvalue weighted by Gasteiger charge is -2.38. The van der Waals surface area contributed by atoms with Crippen LogP contribution in [0.15, 0.2) is 59.8 Å². The van der Waals surface area contributed by atoms with Gasteiger partial charge in [0.05, 0.1) is 14.2 Å². The van der Waals surface area contributed by atoms with Gasteiger partial charge in [0, 0.05) is 28.8 Å². The fraction of sp³-hybridized carbons (Fsp3) is 0.320. The van der Waals surface area contributed by atoms with Crippen molar-refractivity contribution in [3.63, 3.8) is 0 Å². The molecule has 1 aliphatic carbocycles. The SMILES string of the molecule is COc1ccc(-c2nc3n(n2)[C@@H](c2ccccc2OC)C2=C(CC(C)(C)CC2=O)N3)cc1. The normalized spacial score (nSPS) is 19.1. The van der Waals surface area contributed by atoms with Gasteiger partial charge in [0.1, 0.15) is 17.5 Å². The number of Topliss-reactive ketones (excluding diaryl/α,β-unsaturated/α-hetero) is 1. The van der Waals surface area contributed by atoms with E-state index in [1.54, 1.807) is 14.2 Å². The highest BCUT2D eigenvalue weighted by Crippen LogP contribution is 2.47. The van der Waals surface area contributed by atoms with Crippen molar-refractivity contribution >= 4 is 11.7 Å². The highest BCUT2D eigenvalue weighted by molar-refractivity contribution is 6.00. The Kier molecular flexibility index (Phi) is 4.77. The number of anilines is 1. The minimum atomic E-state index is -0.402. The summed E-state index contributed by atoms with van der Waals surface area (Å²) in [5.74, 6) is 2.83. The van der Waals surface area contributed by atoms with Crippen LogP contribution in [0.1, 0.15) is 38.3 Å². The minimum Gasteiger partial charge on any atom is -0.497 e. The summed E-state index contributed by atoms with van der Waals surface area (Å²) in [4.78, 5) is 18.2. The van der Waals surface area contributed by atoms with Crippen LogP contribution in [-0.4, -0.2) is 34.8 Å². The van der Waals surface area contributed by atoms with E-state index in [1.165, 1.54) is 0 Å². The summed E-state index contributed by atoms with van der Waals surface area (Å²) in [6.45, 7) is 4.24. The molecular formula is C25H26N4O3. The molecule has 2 aromatic carbocycles. The maximum absolute atomic E-state index is 13.4. The monoisotopic (exact) mass is 430 g/mol. The number of para-hydroxylation sites is 1. The first-order valence-corrected chi connectivity index (χ1v) is 10.7. The average molecular weight is 431 g/mol. The third kappa shape index (κ3) is 3.34. The fourth-order valence-electron chi connectivity index (χ4n) is 4.65. The number of ketones is 1. The topological polar surface area (TPSA) is 78.3 Å². The van der Waals surface area contributed by atoms with Gasteiger partial charge in [0.15, 0.2) is 11.6 Å². The van der Waals surface area contributed by atoms with Crippen LogP contribution in [0, 0.1) is 5.41 Å². The van der Waals surface area contributed by atoms with Crippen molar-refractivity contribution in [1.82, 2.24) is 14.8 Å². The number of aromatic nitrogens is 3. The number of nitrogens with zero attached hydrogens (tertiary/aromatic N) is 3. The maximum Gasteiger partial charge on any atom is 0.226 e. The molecule has 1 aliphatic heterocycles. The van der Waals surface area contributed by atoms with Crippen LogP contribution in [0.2, 0.25) is 0 Å². The molecule has 7 heteroatoms. The quantitative estimate of drug-likeness (QED) is 0.651. The van der Waals surface area contributed by atoms with Crippen molar-refractivity contribution in [2.24, 2.45) is 5.41 Å². The van der Waals surface area contributed by atoms with Gasteiger partial charge in [-0.25, -0.2) is 4.68 Å². The number of carbonyl (C=O) groups is 1. The van der Waals surface area contributed by atoms with E-state index in [0.29, 0.717) is 18.2 Å².